The number of nitrogens with zero attached hydrogens (tertiary/aromatic N) is 3. The SMILES string of the molecule is Cc1noc(C2CCCN(C(=O)c3sc(NC(=O)C(C)(C)C)cc3C)C2)n1. The third kappa shape index (κ3) is 4.37. The molecule has 2 amide bonds. The molecule has 1 aliphatic rings. The Morgan fingerprint density at radius 2 is 2.07 bits per heavy atom. The molecule has 1 N–H and O–H groups in total. The molecule has 0 bridgehead atoms. The fraction of sp³-hybridized carbons (Fsp3) is 0.579. The molecule has 1 unspecified atom stereocenters. The Balaban J connectivity index is 1.72. The molecular formula is C19H26N4O3S. The topological polar surface area (TPSA) is 88.3 Å². The van der Waals surface area contributed by atoms with E-state index in [1.807, 2.05) is 38.7 Å². The van der Waals surface area contributed by atoms with E-state index < -0.39 is 5.41 Å². The van der Waals surface area contributed by atoms with Crippen molar-refractivity contribution in [2.24, 2.45) is 5.41 Å². The Labute approximate surface area is 163 Å². The maximum Gasteiger partial charge on any atom is 0.264 e. The molecule has 1 saturated heterocycles. The molecule has 146 valence electrons. The number of aromatic nitrogens is 2. The Kier molecular flexibility index (Phi) is 5.37. The lowest BCUT2D eigenvalue weighted by Gasteiger charge is -2.30. The van der Waals surface area contributed by atoms with Gasteiger partial charge < -0.3 is 14.7 Å². The first-order chi connectivity index (χ1) is 12.6. The first kappa shape index (κ1) is 19.5. The van der Waals surface area contributed by atoms with E-state index in [-0.39, 0.29) is 17.7 Å². The number of rotatable bonds is 3. The van der Waals surface area contributed by atoms with Gasteiger partial charge in [0.2, 0.25) is 11.8 Å². The van der Waals surface area contributed by atoms with Crippen LogP contribution in [0.15, 0.2) is 10.6 Å². The summed E-state index contributed by atoms with van der Waals surface area (Å²) in [5.74, 6) is 1.22. The van der Waals surface area contributed by atoms with Gasteiger partial charge in [-0.2, -0.15) is 4.98 Å². The predicted octanol–water partition coefficient (Wildman–Crippen LogP) is 3.75. The second-order valence-electron chi connectivity index (χ2n) is 8.10. The van der Waals surface area contributed by atoms with E-state index >= 15 is 0 Å². The minimum atomic E-state index is -0.482. The quantitative estimate of drug-likeness (QED) is 0.862. The van der Waals surface area contributed by atoms with Crippen molar-refractivity contribution in [3.8, 4) is 0 Å². The van der Waals surface area contributed by atoms with Crippen LogP contribution in [-0.2, 0) is 4.79 Å². The van der Waals surface area contributed by atoms with E-state index in [4.69, 9.17) is 4.52 Å². The van der Waals surface area contributed by atoms with E-state index in [2.05, 4.69) is 15.5 Å². The second-order valence-corrected chi connectivity index (χ2v) is 9.15. The lowest BCUT2D eigenvalue weighted by atomic mass is 9.96. The molecule has 7 nitrogen and oxygen atoms in total. The molecule has 3 heterocycles. The fourth-order valence-corrected chi connectivity index (χ4v) is 4.08. The average molecular weight is 391 g/mol. The van der Waals surface area contributed by atoms with Crippen LogP contribution < -0.4 is 5.32 Å². The molecule has 1 aliphatic heterocycles. The normalized spacial score (nSPS) is 17.8. The van der Waals surface area contributed by atoms with Crippen molar-refractivity contribution in [3.05, 3.63) is 28.2 Å². The van der Waals surface area contributed by atoms with Gasteiger partial charge in [0.1, 0.15) is 0 Å². The van der Waals surface area contributed by atoms with Gasteiger partial charge in [0.25, 0.3) is 5.91 Å². The summed E-state index contributed by atoms with van der Waals surface area (Å²) in [7, 11) is 0. The molecular weight excluding hydrogens is 364 g/mol. The molecule has 0 aromatic carbocycles. The summed E-state index contributed by atoms with van der Waals surface area (Å²) >= 11 is 1.33. The summed E-state index contributed by atoms with van der Waals surface area (Å²) < 4.78 is 5.30. The van der Waals surface area contributed by atoms with Crippen LogP contribution in [0.25, 0.3) is 0 Å². The van der Waals surface area contributed by atoms with Crippen molar-refractivity contribution < 1.29 is 14.1 Å². The van der Waals surface area contributed by atoms with Crippen LogP contribution >= 0.6 is 11.3 Å². The number of carbonyl (C=O) groups excluding carboxylic acids is 2. The van der Waals surface area contributed by atoms with Crippen LogP contribution in [0.3, 0.4) is 0 Å². The van der Waals surface area contributed by atoms with Crippen LogP contribution in [0.5, 0.6) is 0 Å². The number of nitrogens with one attached hydrogen (secondary N) is 1. The molecule has 1 fully saturated rings. The van der Waals surface area contributed by atoms with Gasteiger partial charge in [0.05, 0.1) is 15.8 Å². The van der Waals surface area contributed by atoms with Gasteiger partial charge >= 0.3 is 0 Å². The minimum Gasteiger partial charge on any atom is -0.339 e. The number of aryl methyl sites for hydroxylation is 2. The van der Waals surface area contributed by atoms with Gasteiger partial charge in [-0.25, -0.2) is 0 Å². The van der Waals surface area contributed by atoms with Crippen molar-refractivity contribution in [1.82, 2.24) is 15.0 Å². The molecule has 3 rings (SSSR count). The molecule has 0 aliphatic carbocycles. The van der Waals surface area contributed by atoms with Gasteiger partial charge in [-0.15, -0.1) is 11.3 Å². The summed E-state index contributed by atoms with van der Waals surface area (Å²) in [6.45, 7) is 10.6. The zero-order chi connectivity index (χ0) is 19.8. The number of anilines is 1. The number of carbonyl (C=O) groups is 2. The van der Waals surface area contributed by atoms with Gasteiger partial charge in [-0.1, -0.05) is 25.9 Å². The van der Waals surface area contributed by atoms with Crippen molar-refractivity contribution in [3.63, 3.8) is 0 Å². The fourth-order valence-electron chi connectivity index (χ4n) is 3.04. The lowest BCUT2D eigenvalue weighted by Crippen LogP contribution is -2.39. The van der Waals surface area contributed by atoms with E-state index in [9.17, 15) is 9.59 Å². The first-order valence-corrected chi connectivity index (χ1v) is 9.98. The second kappa shape index (κ2) is 7.42. The lowest BCUT2D eigenvalue weighted by molar-refractivity contribution is -0.123. The highest BCUT2D eigenvalue weighted by molar-refractivity contribution is 7.18. The van der Waals surface area contributed by atoms with E-state index in [0.29, 0.717) is 34.7 Å². The van der Waals surface area contributed by atoms with Crippen molar-refractivity contribution >= 4 is 28.2 Å². The Hall–Kier alpha value is -2.22. The molecule has 0 radical (unpaired) electrons. The van der Waals surface area contributed by atoms with E-state index in [1.165, 1.54) is 11.3 Å². The highest BCUT2D eigenvalue weighted by Gasteiger charge is 2.30. The summed E-state index contributed by atoms with van der Waals surface area (Å²) in [4.78, 5) is 32.1. The Morgan fingerprint density at radius 1 is 1.33 bits per heavy atom. The highest BCUT2D eigenvalue weighted by Crippen LogP contribution is 2.32. The van der Waals surface area contributed by atoms with Crippen molar-refractivity contribution in [2.75, 3.05) is 18.4 Å². The predicted molar refractivity (Wildman–Crippen MR) is 104 cm³/mol. The number of hydrogen-bond acceptors (Lipinski definition) is 6. The maximum absolute atomic E-state index is 13.1. The number of likely N-dealkylation sites (tertiary alicyclic amines) is 1. The van der Waals surface area contributed by atoms with Crippen LogP contribution in [0.2, 0.25) is 0 Å². The zero-order valence-electron chi connectivity index (χ0n) is 16.5. The molecule has 2 aromatic rings. The standard InChI is InChI=1S/C19H26N4O3S/c1-11-9-14(21-18(25)19(3,4)5)27-15(11)17(24)23-8-6-7-13(10-23)16-20-12(2)22-26-16/h9,13H,6-8,10H2,1-5H3,(H,21,25). The maximum atomic E-state index is 13.1. The van der Waals surface area contributed by atoms with Gasteiger partial charge in [-0.3, -0.25) is 9.59 Å². The van der Waals surface area contributed by atoms with Crippen molar-refractivity contribution in [1.29, 1.82) is 0 Å². The largest absolute Gasteiger partial charge is 0.339 e. The molecule has 0 spiro atoms. The van der Waals surface area contributed by atoms with E-state index in [1.54, 1.807) is 6.92 Å². The zero-order valence-corrected chi connectivity index (χ0v) is 17.3. The number of amides is 2. The summed E-state index contributed by atoms with van der Waals surface area (Å²) in [6.07, 6.45) is 1.83. The molecule has 0 saturated carbocycles. The van der Waals surface area contributed by atoms with Crippen molar-refractivity contribution in [2.45, 2.75) is 53.4 Å². The number of piperidine rings is 1. The smallest absolute Gasteiger partial charge is 0.264 e. The third-order valence-electron chi connectivity index (χ3n) is 4.63. The van der Waals surface area contributed by atoms with Crippen LogP contribution in [0.4, 0.5) is 5.00 Å². The third-order valence-corrected chi connectivity index (χ3v) is 5.77. The first-order valence-electron chi connectivity index (χ1n) is 9.16. The molecule has 2 aromatic heterocycles. The monoisotopic (exact) mass is 390 g/mol. The number of hydrogen-bond donors (Lipinski definition) is 1. The van der Waals surface area contributed by atoms with Crippen LogP contribution in [-0.4, -0.2) is 39.9 Å². The summed E-state index contributed by atoms with van der Waals surface area (Å²) in [5, 5.41) is 7.48. The summed E-state index contributed by atoms with van der Waals surface area (Å²) in [5.41, 5.74) is 0.398. The van der Waals surface area contributed by atoms with Gasteiger partial charge in [-0.05, 0) is 38.3 Å². The number of thiophene rings is 1. The van der Waals surface area contributed by atoms with Gasteiger partial charge in [0, 0.05) is 18.5 Å². The molecule has 27 heavy (non-hydrogen) atoms. The summed E-state index contributed by atoms with van der Waals surface area (Å²) in [6, 6.07) is 1.87. The molecule has 1 atom stereocenters. The minimum absolute atomic E-state index is 0.00491. The highest BCUT2D eigenvalue weighted by atomic mass is 32.1. The average Bonchev–Trinajstić information content (AvgIpc) is 3.19. The Morgan fingerprint density at radius 3 is 2.70 bits per heavy atom. The van der Waals surface area contributed by atoms with Gasteiger partial charge in [0.15, 0.2) is 5.82 Å². The molecule has 8 heteroatoms. The Bertz CT molecular complexity index is 850. The van der Waals surface area contributed by atoms with E-state index in [0.717, 1.165) is 18.4 Å². The van der Waals surface area contributed by atoms with Crippen LogP contribution in [0.1, 0.15) is 66.5 Å². The van der Waals surface area contributed by atoms with Crippen LogP contribution in [0, 0.1) is 19.3 Å².